The maximum absolute atomic E-state index is 14.8. The van der Waals surface area contributed by atoms with Gasteiger partial charge in [-0.05, 0) is 73.2 Å². The molecule has 1 fully saturated rings. The van der Waals surface area contributed by atoms with Gasteiger partial charge in [0.15, 0.2) is 5.82 Å². The van der Waals surface area contributed by atoms with E-state index in [1.165, 1.54) is 38.5 Å². The molecule has 1 atom stereocenters. The van der Waals surface area contributed by atoms with Gasteiger partial charge in [-0.15, -0.1) is 11.3 Å². The van der Waals surface area contributed by atoms with E-state index in [1.807, 2.05) is 23.1 Å². The van der Waals surface area contributed by atoms with Gasteiger partial charge in [0.25, 0.3) is 11.5 Å². The SMILES string of the molecule is CN1CCN(CCO)C(c2ccc(Nc3nc(-c4ccc(F)c(NC(=O)c5cc6c(s5)CCCC6)c4)cn(C)c3=O)cc2)C1=O. The summed E-state index contributed by atoms with van der Waals surface area (Å²) in [7, 11) is 3.37. The number of benzene rings is 2. The molecule has 2 aromatic heterocycles. The fourth-order valence-corrected chi connectivity index (χ4v) is 7.03. The molecule has 2 amide bonds. The number of aryl methyl sites for hydroxylation is 3. The zero-order valence-corrected chi connectivity index (χ0v) is 26.0. The Morgan fingerprint density at radius 3 is 2.60 bits per heavy atom. The third-order valence-corrected chi connectivity index (χ3v) is 9.61. The van der Waals surface area contributed by atoms with E-state index in [0.29, 0.717) is 41.5 Å². The smallest absolute Gasteiger partial charge is 0.293 e. The van der Waals surface area contributed by atoms with Crippen LogP contribution in [0.25, 0.3) is 11.3 Å². The summed E-state index contributed by atoms with van der Waals surface area (Å²) < 4.78 is 16.2. The van der Waals surface area contributed by atoms with Crippen LogP contribution < -0.4 is 16.2 Å². The first-order chi connectivity index (χ1) is 21.7. The van der Waals surface area contributed by atoms with Crippen LogP contribution >= 0.6 is 11.3 Å². The number of aliphatic hydroxyl groups is 1. The second-order valence-electron chi connectivity index (χ2n) is 11.5. The Bertz CT molecular complexity index is 1780. The highest BCUT2D eigenvalue weighted by Gasteiger charge is 2.33. The van der Waals surface area contributed by atoms with Crippen LogP contribution in [0.1, 0.15) is 44.6 Å². The second-order valence-corrected chi connectivity index (χ2v) is 12.6. The van der Waals surface area contributed by atoms with Crippen molar-refractivity contribution in [1.29, 1.82) is 0 Å². The van der Waals surface area contributed by atoms with Gasteiger partial charge in [0.1, 0.15) is 11.9 Å². The molecule has 234 valence electrons. The molecule has 12 heteroatoms. The lowest BCUT2D eigenvalue weighted by atomic mass is 9.99. The van der Waals surface area contributed by atoms with E-state index >= 15 is 0 Å². The van der Waals surface area contributed by atoms with E-state index in [9.17, 15) is 23.9 Å². The number of piperazine rings is 1. The fourth-order valence-electron chi connectivity index (χ4n) is 5.88. The highest BCUT2D eigenvalue weighted by atomic mass is 32.1. The quantitative estimate of drug-likeness (QED) is 0.265. The molecule has 45 heavy (non-hydrogen) atoms. The standard InChI is InChI=1S/C33H35FN6O4S/c1-38-13-14-40(15-16-41)29(32(38)43)20-7-10-23(11-8-20)35-30-33(44)39(2)19-26(36-30)21-9-12-24(34)25(17-21)37-31(42)28-18-22-5-3-4-6-27(22)45-28/h7-12,17-19,29,41H,3-6,13-16H2,1-2H3,(H,35,36)(H,37,42). The molecular formula is C33H35FN6O4S. The number of carbonyl (C=O) groups is 2. The van der Waals surface area contributed by atoms with Crippen molar-refractivity contribution in [2.24, 2.45) is 7.05 Å². The third-order valence-electron chi connectivity index (χ3n) is 8.38. The number of anilines is 3. The maximum atomic E-state index is 14.8. The average molecular weight is 631 g/mol. The molecule has 0 radical (unpaired) electrons. The molecule has 1 unspecified atom stereocenters. The van der Waals surface area contributed by atoms with Crippen LogP contribution in [0.2, 0.25) is 0 Å². The molecule has 4 aromatic rings. The fraction of sp³-hybridized carbons (Fsp3) is 0.333. The minimum Gasteiger partial charge on any atom is -0.395 e. The molecule has 3 N–H and O–H groups in total. The molecule has 10 nitrogen and oxygen atoms in total. The average Bonchev–Trinajstić information content (AvgIpc) is 3.48. The number of nitrogens with zero attached hydrogens (tertiary/aromatic N) is 4. The number of fused-ring (bicyclic) bond motifs is 1. The number of thiophene rings is 1. The highest BCUT2D eigenvalue weighted by molar-refractivity contribution is 7.14. The largest absolute Gasteiger partial charge is 0.395 e. The molecule has 0 saturated carbocycles. The Balaban J connectivity index is 1.22. The van der Waals surface area contributed by atoms with E-state index in [1.54, 1.807) is 43.4 Å². The van der Waals surface area contributed by atoms with Crippen molar-refractivity contribution in [3.63, 3.8) is 0 Å². The number of hydrogen-bond donors (Lipinski definition) is 3. The van der Waals surface area contributed by atoms with E-state index in [4.69, 9.17) is 0 Å². The summed E-state index contributed by atoms with van der Waals surface area (Å²) in [4.78, 5) is 49.0. The molecule has 6 rings (SSSR count). The van der Waals surface area contributed by atoms with Gasteiger partial charge in [-0.2, -0.15) is 0 Å². The lowest BCUT2D eigenvalue weighted by molar-refractivity contribution is -0.140. The Morgan fingerprint density at radius 2 is 1.84 bits per heavy atom. The van der Waals surface area contributed by atoms with Crippen molar-refractivity contribution in [2.45, 2.75) is 31.7 Å². The van der Waals surface area contributed by atoms with Crippen LogP contribution in [-0.4, -0.2) is 69.6 Å². The first-order valence-corrected chi connectivity index (χ1v) is 15.8. The Hall–Kier alpha value is -4.39. The van der Waals surface area contributed by atoms with Crippen LogP contribution in [0.4, 0.5) is 21.6 Å². The summed E-state index contributed by atoms with van der Waals surface area (Å²) >= 11 is 1.46. The van der Waals surface area contributed by atoms with Crippen molar-refractivity contribution >= 4 is 40.3 Å². The van der Waals surface area contributed by atoms with Crippen LogP contribution in [0.3, 0.4) is 0 Å². The van der Waals surface area contributed by atoms with Gasteiger partial charge in [-0.25, -0.2) is 9.37 Å². The maximum Gasteiger partial charge on any atom is 0.293 e. The Morgan fingerprint density at radius 1 is 1.07 bits per heavy atom. The van der Waals surface area contributed by atoms with Crippen LogP contribution in [-0.2, 0) is 24.7 Å². The molecular weight excluding hydrogens is 595 g/mol. The van der Waals surface area contributed by atoms with Crippen LogP contribution in [0.15, 0.2) is 59.5 Å². The van der Waals surface area contributed by atoms with E-state index in [-0.39, 0.29) is 35.5 Å². The van der Waals surface area contributed by atoms with Gasteiger partial charge in [0.2, 0.25) is 5.91 Å². The topological polar surface area (TPSA) is 120 Å². The normalized spacial score (nSPS) is 16.8. The van der Waals surface area contributed by atoms with Crippen molar-refractivity contribution in [3.8, 4) is 11.3 Å². The zero-order valence-electron chi connectivity index (χ0n) is 25.2. The first-order valence-electron chi connectivity index (χ1n) is 15.0. The Kier molecular flexibility index (Phi) is 8.79. The number of β-amino-alcohol motifs (C(OH)–C–C–N with tert-alkyl or cyclic N) is 1. The van der Waals surface area contributed by atoms with Crippen molar-refractivity contribution < 1.29 is 19.1 Å². The number of aliphatic hydroxyl groups excluding tert-OH is 1. The molecule has 0 spiro atoms. The van der Waals surface area contributed by atoms with Crippen LogP contribution in [0.5, 0.6) is 0 Å². The number of aromatic nitrogens is 2. The van der Waals surface area contributed by atoms with Gasteiger partial charge in [0.05, 0.1) is 22.9 Å². The van der Waals surface area contributed by atoms with Crippen molar-refractivity contribution in [2.75, 3.05) is 43.9 Å². The number of carbonyl (C=O) groups excluding carboxylic acids is 2. The van der Waals surface area contributed by atoms with E-state index in [2.05, 4.69) is 15.6 Å². The number of halogens is 1. The molecule has 1 aliphatic carbocycles. The Labute approximate surface area is 264 Å². The van der Waals surface area contributed by atoms with Crippen molar-refractivity contribution in [3.05, 3.63) is 91.8 Å². The predicted molar refractivity (Wildman–Crippen MR) is 173 cm³/mol. The van der Waals surface area contributed by atoms with Gasteiger partial charge in [-0.3, -0.25) is 19.3 Å². The number of rotatable bonds is 8. The van der Waals surface area contributed by atoms with Crippen molar-refractivity contribution in [1.82, 2.24) is 19.4 Å². The van der Waals surface area contributed by atoms with Gasteiger partial charge >= 0.3 is 0 Å². The zero-order chi connectivity index (χ0) is 31.7. The first kappa shape index (κ1) is 30.6. The summed E-state index contributed by atoms with van der Waals surface area (Å²) in [5.41, 5.74) is 3.18. The van der Waals surface area contributed by atoms with Gasteiger partial charge in [-0.1, -0.05) is 12.1 Å². The molecule has 2 aromatic carbocycles. The lowest BCUT2D eigenvalue weighted by Gasteiger charge is -2.39. The van der Waals surface area contributed by atoms with Gasteiger partial charge in [0, 0.05) is 56.1 Å². The summed E-state index contributed by atoms with van der Waals surface area (Å²) in [5.74, 6) is -0.900. The number of amides is 2. The summed E-state index contributed by atoms with van der Waals surface area (Å²) in [6, 6.07) is 12.9. The third kappa shape index (κ3) is 6.39. The molecule has 2 aliphatic rings. The predicted octanol–water partition coefficient (Wildman–Crippen LogP) is 4.33. The number of nitrogens with one attached hydrogen (secondary N) is 2. The van der Waals surface area contributed by atoms with Crippen LogP contribution in [0, 0.1) is 5.82 Å². The van der Waals surface area contributed by atoms with E-state index in [0.717, 1.165) is 31.2 Å². The number of likely N-dealkylation sites (N-methyl/N-ethyl adjacent to an activating group) is 1. The minimum atomic E-state index is -0.572. The second kappa shape index (κ2) is 12.9. The molecule has 1 aliphatic heterocycles. The molecule has 3 heterocycles. The van der Waals surface area contributed by atoms with E-state index < -0.39 is 11.9 Å². The summed E-state index contributed by atoms with van der Waals surface area (Å²) in [5, 5.41) is 15.3. The monoisotopic (exact) mass is 630 g/mol. The summed E-state index contributed by atoms with van der Waals surface area (Å²) in [6.45, 7) is 1.60. The molecule has 1 saturated heterocycles. The lowest BCUT2D eigenvalue weighted by Crippen LogP contribution is -2.51. The number of hydrogen-bond acceptors (Lipinski definition) is 8. The highest BCUT2D eigenvalue weighted by Crippen LogP contribution is 2.32. The minimum absolute atomic E-state index is 0.0303. The van der Waals surface area contributed by atoms with Gasteiger partial charge < -0.3 is 25.2 Å². The molecule has 0 bridgehead atoms. The summed E-state index contributed by atoms with van der Waals surface area (Å²) in [6.07, 6.45) is 5.72.